The van der Waals surface area contributed by atoms with E-state index in [0.29, 0.717) is 5.69 Å². The molecule has 0 spiro atoms. The highest BCUT2D eigenvalue weighted by atomic mass is 35.5. The molecule has 0 atom stereocenters. The van der Waals surface area contributed by atoms with Crippen LogP contribution < -0.4 is 5.32 Å². The van der Waals surface area contributed by atoms with E-state index in [1.165, 1.54) is 11.8 Å². The molecule has 0 unspecified atom stereocenters. The monoisotopic (exact) mass is 408 g/mol. The minimum atomic E-state index is -0.164. The fourth-order valence-electron chi connectivity index (χ4n) is 2.91. The van der Waals surface area contributed by atoms with Crippen LogP contribution >= 0.6 is 23.4 Å². The third-order valence-electron chi connectivity index (χ3n) is 4.16. The fourth-order valence-corrected chi connectivity index (χ4v) is 3.91. The molecule has 0 radical (unpaired) electrons. The van der Waals surface area contributed by atoms with Crippen molar-refractivity contribution in [2.45, 2.75) is 12.1 Å². The number of para-hydroxylation sites is 2. The van der Waals surface area contributed by atoms with Crippen LogP contribution in [0.5, 0.6) is 0 Å². The van der Waals surface area contributed by atoms with E-state index in [-0.39, 0.29) is 16.8 Å². The Morgan fingerprint density at radius 1 is 1.14 bits per heavy atom. The van der Waals surface area contributed by atoms with Crippen LogP contribution in [-0.4, -0.2) is 26.2 Å². The standard InChI is InChI=1S/C21H17ClN4OS/c1-14-6-4-7-15(12-14)26-18-10-3-2-8-16(18)25-21(26)28-13-19(27)24-17-9-5-11-23-20(17)22/h2-12H,13H2,1H3,(H,24,27). The van der Waals surface area contributed by atoms with Gasteiger partial charge in [-0.3, -0.25) is 9.36 Å². The Bertz CT molecular complexity index is 1160. The van der Waals surface area contributed by atoms with E-state index >= 15 is 0 Å². The Morgan fingerprint density at radius 2 is 2.00 bits per heavy atom. The van der Waals surface area contributed by atoms with Crippen LogP contribution in [0.4, 0.5) is 5.69 Å². The smallest absolute Gasteiger partial charge is 0.234 e. The lowest BCUT2D eigenvalue weighted by molar-refractivity contribution is -0.113. The van der Waals surface area contributed by atoms with Crippen molar-refractivity contribution in [1.29, 1.82) is 0 Å². The average molecular weight is 409 g/mol. The quantitative estimate of drug-likeness (QED) is 0.368. The molecule has 1 N–H and O–H groups in total. The number of anilines is 1. The van der Waals surface area contributed by atoms with Gasteiger partial charge in [-0.1, -0.05) is 47.6 Å². The molecule has 0 aliphatic heterocycles. The van der Waals surface area contributed by atoms with E-state index in [1.807, 2.05) is 36.4 Å². The number of nitrogens with one attached hydrogen (secondary N) is 1. The number of aryl methyl sites for hydroxylation is 1. The number of fused-ring (bicyclic) bond motifs is 1. The second-order valence-corrected chi connectivity index (χ2v) is 7.54. The summed E-state index contributed by atoms with van der Waals surface area (Å²) in [5.74, 6) is 0.0446. The van der Waals surface area contributed by atoms with Gasteiger partial charge in [-0.05, 0) is 48.9 Å². The maximum absolute atomic E-state index is 12.4. The van der Waals surface area contributed by atoms with Gasteiger partial charge in [-0.2, -0.15) is 0 Å². The van der Waals surface area contributed by atoms with Crippen molar-refractivity contribution < 1.29 is 4.79 Å². The van der Waals surface area contributed by atoms with Gasteiger partial charge in [-0.15, -0.1) is 0 Å². The van der Waals surface area contributed by atoms with E-state index in [2.05, 4.69) is 33.9 Å². The molecule has 0 aliphatic carbocycles. The van der Waals surface area contributed by atoms with Crippen molar-refractivity contribution in [1.82, 2.24) is 14.5 Å². The molecule has 4 rings (SSSR count). The number of halogens is 1. The molecule has 0 bridgehead atoms. The molecule has 0 saturated heterocycles. The van der Waals surface area contributed by atoms with Crippen molar-refractivity contribution in [2.24, 2.45) is 0 Å². The number of carbonyl (C=O) groups is 1. The average Bonchev–Trinajstić information content (AvgIpc) is 3.06. The first kappa shape index (κ1) is 18.5. The highest BCUT2D eigenvalue weighted by molar-refractivity contribution is 7.99. The van der Waals surface area contributed by atoms with Crippen LogP contribution in [0, 0.1) is 6.92 Å². The SMILES string of the molecule is Cc1cccc(-n2c(SCC(=O)Nc3cccnc3Cl)nc3ccccc32)c1. The first-order chi connectivity index (χ1) is 13.6. The second kappa shape index (κ2) is 8.04. The zero-order valence-electron chi connectivity index (χ0n) is 15.1. The number of nitrogens with zero attached hydrogens (tertiary/aromatic N) is 3. The van der Waals surface area contributed by atoms with Crippen LogP contribution in [0.15, 0.2) is 72.0 Å². The summed E-state index contributed by atoms with van der Waals surface area (Å²) in [5.41, 5.74) is 4.58. The summed E-state index contributed by atoms with van der Waals surface area (Å²) in [6, 6.07) is 19.6. The minimum absolute atomic E-state index is 0.164. The van der Waals surface area contributed by atoms with Gasteiger partial charge < -0.3 is 5.32 Å². The summed E-state index contributed by atoms with van der Waals surface area (Å²) < 4.78 is 2.08. The molecule has 7 heteroatoms. The number of amides is 1. The van der Waals surface area contributed by atoms with Gasteiger partial charge in [0, 0.05) is 11.9 Å². The van der Waals surface area contributed by atoms with Crippen molar-refractivity contribution in [3.63, 3.8) is 0 Å². The van der Waals surface area contributed by atoms with Crippen LogP contribution in [0.1, 0.15) is 5.56 Å². The minimum Gasteiger partial charge on any atom is -0.323 e. The summed E-state index contributed by atoms with van der Waals surface area (Å²) in [6.45, 7) is 2.06. The lowest BCUT2D eigenvalue weighted by atomic mass is 10.2. The van der Waals surface area contributed by atoms with Gasteiger partial charge in [0.15, 0.2) is 10.3 Å². The molecule has 4 aromatic rings. The molecule has 140 valence electrons. The Hall–Kier alpha value is -2.83. The number of thioether (sulfide) groups is 1. The zero-order valence-corrected chi connectivity index (χ0v) is 16.7. The Kier molecular flexibility index (Phi) is 5.32. The molecule has 2 aromatic heterocycles. The van der Waals surface area contributed by atoms with E-state index in [0.717, 1.165) is 27.4 Å². The first-order valence-corrected chi connectivity index (χ1v) is 10.1. The third-order valence-corrected chi connectivity index (χ3v) is 5.40. The number of aromatic nitrogens is 3. The van der Waals surface area contributed by atoms with Gasteiger partial charge in [-0.25, -0.2) is 9.97 Å². The van der Waals surface area contributed by atoms with Gasteiger partial charge in [0.25, 0.3) is 0 Å². The second-order valence-electron chi connectivity index (χ2n) is 6.24. The van der Waals surface area contributed by atoms with E-state index in [9.17, 15) is 4.79 Å². The molecule has 2 heterocycles. The number of carbonyl (C=O) groups excluding carboxylic acids is 1. The number of rotatable bonds is 5. The molecular weight excluding hydrogens is 392 g/mol. The van der Waals surface area contributed by atoms with Crippen molar-refractivity contribution in [3.8, 4) is 5.69 Å². The molecular formula is C21H17ClN4OS. The molecule has 0 fully saturated rings. The van der Waals surface area contributed by atoms with Gasteiger partial charge in [0.2, 0.25) is 5.91 Å². The number of benzene rings is 2. The summed E-state index contributed by atoms with van der Waals surface area (Å²) in [5, 5.41) is 3.83. The molecule has 2 aromatic carbocycles. The van der Waals surface area contributed by atoms with Crippen molar-refractivity contribution in [3.05, 3.63) is 77.6 Å². The highest BCUT2D eigenvalue weighted by Crippen LogP contribution is 2.28. The van der Waals surface area contributed by atoms with Gasteiger partial charge in [0.1, 0.15) is 0 Å². The largest absolute Gasteiger partial charge is 0.323 e. The molecule has 5 nitrogen and oxygen atoms in total. The summed E-state index contributed by atoms with van der Waals surface area (Å²) in [4.78, 5) is 21.1. The predicted octanol–water partition coefficient (Wildman–Crippen LogP) is 5.11. The summed E-state index contributed by atoms with van der Waals surface area (Å²) >= 11 is 7.39. The highest BCUT2D eigenvalue weighted by Gasteiger charge is 2.15. The first-order valence-electron chi connectivity index (χ1n) is 8.69. The number of imidazole rings is 1. The third kappa shape index (κ3) is 3.88. The number of hydrogen-bond donors (Lipinski definition) is 1. The summed E-state index contributed by atoms with van der Waals surface area (Å²) in [7, 11) is 0. The maximum Gasteiger partial charge on any atom is 0.234 e. The van der Waals surface area contributed by atoms with E-state index in [4.69, 9.17) is 16.6 Å². The Labute approximate surface area is 171 Å². The summed E-state index contributed by atoms with van der Waals surface area (Å²) in [6.07, 6.45) is 1.58. The lowest BCUT2D eigenvalue weighted by Gasteiger charge is -2.10. The van der Waals surface area contributed by atoms with Gasteiger partial charge in [0.05, 0.1) is 22.5 Å². The van der Waals surface area contributed by atoms with Crippen molar-refractivity contribution in [2.75, 3.05) is 11.1 Å². The fraction of sp³-hybridized carbons (Fsp3) is 0.0952. The number of hydrogen-bond acceptors (Lipinski definition) is 4. The van der Waals surface area contributed by atoms with E-state index < -0.39 is 0 Å². The zero-order chi connectivity index (χ0) is 19.5. The molecule has 28 heavy (non-hydrogen) atoms. The predicted molar refractivity (Wildman–Crippen MR) is 114 cm³/mol. The molecule has 0 saturated carbocycles. The van der Waals surface area contributed by atoms with E-state index in [1.54, 1.807) is 18.3 Å². The van der Waals surface area contributed by atoms with Crippen LogP contribution in [0.3, 0.4) is 0 Å². The maximum atomic E-state index is 12.4. The molecule has 0 aliphatic rings. The number of pyridine rings is 1. The van der Waals surface area contributed by atoms with Crippen LogP contribution in [0.25, 0.3) is 16.7 Å². The topological polar surface area (TPSA) is 59.8 Å². The van der Waals surface area contributed by atoms with Crippen LogP contribution in [0.2, 0.25) is 5.15 Å². The lowest BCUT2D eigenvalue weighted by Crippen LogP contribution is -2.15. The van der Waals surface area contributed by atoms with Crippen molar-refractivity contribution >= 4 is 46.0 Å². The Balaban J connectivity index is 1.61. The Morgan fingerprint density at radius 3 is 2.82 bits per heavy atom. The van der Waals surface area contributed by atoms with Crippen LogP contribution in [-0.2, 0) is 4.79 Å². The molecule has 1 amide bonds. The van der Waals surface area contributed by atoms with Gasteiger partial charge >= 0.3 is 0 Å². The normalized spacial score (nSPS) is 10.9.